The van der Waals surface area contributed by atoms with Gasteiger partial charge in [-0.3, -0.25) is 4.90 Å². The summed E-state index contributed by atoms with van der Waals surface area (Å²) in [6.45, 7) is 12.9. The first-order valence-electron chi connectivity index (χ1n) is 7.37. The Balaban J connectivity index is 2.34. The van der Waals surface area contributed by atoms with Gasteiger partial charge in [-0.2, -0.15) is 0 Å². The molecule has 0 aliphatic carbocycles. The summed E-state index contributed by atoms with van der Waals surface area (Å²) in [5.41, 5.74) is 0. The molecule has 0 aromatic carbocycles. The summed E-state index contributed by atoms with van der Waals surface area (Å²) >= 11 is 0. The standard InChI is InChI=1S/C14H31N3/c1-5-8-15-13(6-2)11-17-10-9-16(4)14(7-3)12-17/h13-15H,5-12H2,1-4H3. The van der Waals surface area contributed by atoms with Gasteiger partial charge < -0.3 is 10.2 Å². The molecule has 1 saturated heterocycles. The van der Waals surface area contributed by atoms with Crippen molar-refractivity contribution in [2.45, 2.75) is 52.1 Å². The molecule has 2 atom stereocenters. The fourth-order valence-electron chi connectivity index (χ4n) is 2.62. The van der Waals surface area contributed by atoms with Gasteiger partial charge >= 0.3 is 0 Å². The highest BCUT2D eigenvalue weighted by Crippen LogP contribution is 2.11. The molecule has 3 heteroatoms. The van der Waals surface area contributed by atoms with E-state index in [0.29, 0.717) is 6.04 Å². The van der Waals surface area contributed by atoms with E-state index in [0.717, 1.165) is 12.6 Å². The highest BCUT2D eigenvalue weighted by atomic mass is 15.3. The van der Waals surface area contributed by atoms with Gasteiger partial charge in [-0.15, -0.1) is 0 Å². The van der Waals surface area contributed by atoms with Crippen molar-refractivity contribution in [1.29, 1.82) is 0 Å². The number of hydrogen-bond acceptors (Lipinski definition) is 3. The number of nitrogens with one attached hydrogen (secondary N) is 1. The molecule has 1 N–H and O–H groups in total. The summed E-state index contributed by atoms with van der Waals surface area (Å²) < 4.78 is 0. The van der Waals surface area contributed by atoms with Gasteiger partial charge in [0.15, 0.2) is 0 Å². The quantitative estimate of drug-likeness (QED) is 0.733. The van der Waals surface area contributed by atoms with Crippen LogP contribution >= 0.6 is 0 Å². The van der Waals surface area contributed by atoms with E-state index in [1.165, 1.54) is 45.4 Å². The Kier molecular flexibility index (Phi) is 7.09. The van der Waals surface area contributed by atoms with Gasteiger partial charge in [0.25, 0.3) is 0 Å². The maximum Gasteiger partial charge on any atom is 0.0218 e. The summed E-state index contributed by atoms with van der Waals surface area (Å²) in [5.74, 6) is 0. The third kappa shape index (κ3) is 4.94. The van der Waals surface area contributed by atoms with Crippen molar-refractivity contribution >= 4 is 0 Å². The Labute approximate surface area is 108 Å². The van der Waals surface area contributed by atoms with Crippen LogP contribution in [0.15, 0.2) is 0 Å². The van der Waals surface area contributed by atoms with Crippen molar-refractivity contribution in [2.75, 3.05) is 39.8 Å². The van der Waals surface area contributed by atoms with Gasteiger partial charge in [0, 0.05) is 38.3 Å². The molecule has 1 aliphatic heterocycles. The lowest BCUT2D eigenvalue weighted by atomic mass is 10.1. The fourth-order valence-corrected chi connectivity index (χ4v) is 2.62. The number of nitrogens with zero attached hydrogens (tertiary/aromatic N) is 2. The first kappa shape index (κ1) is 14.9. The second-order valence-corrected chi connectivity index (χ2v) is 5.36. The first-order valence-corrected chi connectivity index (χ1v) is 7.37. The molecule has 1 aliphatic rings. The molecule has 0 spiro atoms. The molecule has 1 heterocycles. The lowest BCUT2D eigenvalue weighted by Crippen LogP contribution is -2.54. The van der Waals surface area contributed by atoms with E-state index >= 15 is 0 Å². The van der Waals surface area contributed by atoms with Crippen LogP contribution < -0.4 is 5.32 Å². The SMILES string of the molecule is CCCNC(CC)CN1CCN(C)C(CC)C1. The summed E-state index contributed by atoms with van der Waals surface area (Å²) in [6.07, 6.45) is 3.74. The van der Waals surface area contributed by atoms with Gasteiger partial charge in [-0.25, -0.2) is 0 Å². The third-order valence-corrected chi connectivity index (χ3v) is 3.99. The third-order valence-electron chi connectivity index (χ3n) is 3.99. The van der Waals surface area contributed by atoms with Crippen LogP contribution in [0.1, 0.15) is 40.0 Å². The van der Waals surface area contributed by atoms with Gasteiger partial charge in [0.2, 0.25) is 0 Å². The Morgan fingerprint density at radius 2 is 2.00 bits per heavy atom. The molecule has 1 fully saturated rings. The van der Waals surface area contributed by atoms with Crippen LogP contribution in [0.2, 0.25) is 0 Å². The molecule has 0 saturated carbocycles. The number of piperazine rings is 1. The van der Waals surface area contributed by atoms with Crippen molar-refractivity contribution in [3.05, 3.63) is 0 Å². The lowest BCUT2D eigenvalue weighted by Gasteiger charge is -2.40. The maximum atomic E-state index is 3.66. The van der Waals surface area contributed by atoms with Crippen molar-refractivity contribution in [3.8, 4) is 0 Å². The second kappa shape index (κ2) is 8.06. The predicted molar refractivity (Wildman–Crippen MR) is 75.5 cm³/mol. The van der Waals surface area contributed by atoms with Crippen molar-refractivity contribution in [3.63, 3.8) is 0 Å². The highest BCUT2D eigenvalue weighted by molar-refractivity contribution is 4.81. The van der Waals surface area contributed by atoms with Crippen molar-refractivity contribution in [1.82, 2.24) is 15.1 Å². The zero-order valence-corrected chi connectivity index (χ0v) is 12.2. The molecule has 3 nitrogen and oxygen atoms in total. The van der Waals surface area contributed by atoms with E-state index in [4.69, 9.17) is 0 Å². The maximum absolute atomic E-state index is 3.66. The van der Waals surface area contributed by atoms with E-state index in [2.05, 4.69) is 42.9 Å². The summed E-state index contributed by atoms with van der Waals surface area (Å²) in [4.78, 5) is 5.15. The van der Waals surface area contributed by atoms with Crippen LogP contribution in [-0.2, 0) is 0 Å². The molecule has 2 unspecified atom stereocenters. The molecular weight excluding hydrogens is 210 g/mol. The average molecular weight is 241 g/mol. The Hall–Kier alpha value is -0.120. The van der Waals surface area contributed by atoms with Crippen LogP contribution in [0.4, 0.5) is 0 Å². The number of rotatable bonds is 7. The molecule has 0 amide bonds. The minimum Gasteiger partial charge on any atom is -0.313 e. The van der Waals surface area contributed by atoms with Gasteiger partial charge in [-0.1, -0.05) is 20.8 Å². The predicted octanol–water partition coefficient (Wildman–Crippen LogP) is 1.79. The minimum atomic E-state index is 0.677. The van der Waals surface area contributed by atoms with Gasteiger partial charge in [0.1, 0.15) is 0 Å². The monoisotopic (exact) mass is 241 g/mol. The number of hydrogen-bond donors (Lipinski definition) is 1. The zero-order chi connectivity index (χ0) is 12.7. The van der Waals surface area contributed by atoms with Crippen LogP contribution in [-0.4, -0.2) is 61.7 Å². The van der Waals surface area contributed by atoms with Crippen LogP contribution in [0.3, 0.4) is 0 Å². The minimum absolute atomic E-state index is 0.677. The van der Waals surface area contributed by atoms with E-state index in [1.807, 2.05) is 0 Å². The zero-order valence-electron chi connectivity index (χ0n) is 12.2. The smallest absolute Gasteiger partial charge is 0.0218 e. The summed E-state index contributed by atoms with van der Waals surface area (Å²) in [7, 11) is 2.26. The van der Waals surface area contributed by atoms with Gasteiger partial charge in [-0.05, 0) is 32.9 Å². The molecule has 1 rings (SSSR count). The first-order chi connectivity index (χ1) is 8.21. The topological polar surface area (TPSA) is 18.5 Å². The average Bonchev–Trinajstić information content (AvgIpc) is 2.36. The molecule has 0 bridgehead atoms. The summed E-state index contributed by atoms with van der Waals surface area (Å²) in [6, 6.07) is 1.43. The molecule has 0 aromatic rings. The van der Waals surface area contributed by atoms with E-state index in [9.17, 15) is 0 Å². The molecule has 102 valence electrons. The fraction of sp³-hybridized carbons (Fsp3) is 1.00. The second-order valence-electron chi connectivity index (χ2n) is 5.36. The number of likely N-dealkylation sites (N-methyl/N-ethyl adjacent to an activating group) is 1. The van der Waals surface area contributed by atoms with Gasteiger partial charge in [0.05, 0.1) is 0 Å². The van der Waals surface area contributed by atoms with Crippen LogP contribution in [0, 0.1) is 0 Å². The Morgan fingerprint density at radius 1 is 1.24 bits per heavy atom. The van der Waals surface area contributed by atoms with E-state index < -0.39 is 0 Å². The Morgan fingerprint density at radius 3 is 2.59 bits per heavy atom. The largest absolute Gasteiger partial charge is 0.313 e. The van der Waals surface area contributed by atoms with Crippen LogP contribution in [0.5, 0.6) is 0 Å². The van der Waals surface area contributed by atoms with Crippen molar-refractivity contribution < 1.29 is 0 Å². The normalized spacial score (nSPS) is 25.1. The lowest BCUT2D eigenvalue weighted by molar-refractivity contribution is 0.0855. The van der Waals surface area contributed by atoms with Crippen molar-refractivity contribution in [2.24, 2.45) is 0 Å². The molecular formula is C14H31N3. The Bertz CT molecular complexity index is 196. The highest BCUT2D eigenvalue weighted by Gasteiger charge is 2.23. The molecule has 0 aromatic heterocycles. The van der Waals surface area contributed by atoms with E-state index in [-0.39, 0.29) is 0 Å². The summed E-state index contributed by atoms with van der Waals surface area (Å²) in [5, 5.41) is 3.66. The molecule has 17 heavy (non-hydrogen) atoms. The van der Waals surface area contributed by atoms with E-state index in [1.54, 1.807) is 0 Å². The molecule has 0 radical (unpaired) electrons. The van der Waals surface area contributed by atoms with Crippen LogP contribution in [0.25, 0.3) is 0 Å².